The van der Waals surface area contributed by atoms with Crippen LogP contribution in [0.4, 0.5) is 0 Å². The molecule has 2 aliphatic heterocycles. The van der Waals surface area contributed by atoms with Crippen LogP contribution in [-0.4, -0.2) is 53.7 Å². The van der Waals surface area contributed by atoms with Crippen molar-refractivity contribution >= 4 is 45.2 Å². The van der Waals surface area contributed by atoms with Crippen molar-refractivity contribution in [2.45, 2.75) is 71.1 Å². The van der Waals surface area contributed by atoms with Crippen LogP contribution in [0, 0.1) is 0 Å². The van der Waals surface area contributed by atoms with Crippen LogP contribution in [0.25, 0.3) is 21.5 Å². The van der Waals surface area contributed by atoms with Crippen molar-refractivity contribution < 1.29 is 33.8 Å². The van der Waals surface area contributed by atoms with Crippen LogP contribution in [0.2, 0.25) is 0 Å². The van der Waals surface area contributed by atoms with E-state index >= 15 is 0 Å². The van der Waals surface area contributed by atoms with E-state index in [9.17, 15) is 24.3 Å². The van der Waals surface area contributed by atoms with Crippen LogP contribution in [0.5, 0.6) is 11.5 Å². The third kappa shape index (κ3) is 7.06. The van der Waals surface area contributed by atoms with Gasteiger partial charge in [0, 0.05) is 35.0 Å². The molecule has 0 aliphatic carbocycles. The summed E-state index contributed by atoms with van der Waals surface area (Å²) in [6.07, 6.45) is 3.85. The van der Waals surface area contributed by atoms with Gasteiger partial charge in [-0.25, -0.2) is 4.79 Å². The Labute approximate surface area is 238 Å². The Bertz CT molecular complexity index is 1470. The molecule has 4 bridgehead atoms. The zero-order valence-corrected chi connectivity index (χ0v) is 23.7. The number of nitrogens with one attached hydrogen (secondary N) is 3. The predicted molar refractivity (Wildman–Crippen MR) is 155 cm³/mol. The van der Waals surface area contributed by atoms with Crippen molar-refractivity contribution in [1.82, 2.24) is 16.0 Å². The minimum Gasteiger partial charge on any atom is -0.507 e. The molecule has 10 heteroatoms. The third-order valence-electron chi connectivity index (χ3n) is 7.08. The van der Waals surface area contributed by atoms with Gasteiger partial charge in [-0.2, -0.15) is 0 Å². The lowest BCUT2D eigenvalue weighted by Crippen LogP contribution is -2.60. The van der Waals surface area contributed by atoms with Gasteiger partial charge in [-0.3, -0.25) is 14.4 Å². The summed E-state index contributed by atoms with van der Waals surface area (Å²) in [5, 5.41) is 20.9. The number of fused-ring (bicyclic) bond motifs is 18. The summed E-state index contributed by atoms with van der Waals surface area (Å²) in [6.45, 7) is 5.16. The van der Waals surface area contributed by atoms with Crippen molar-refractivity contribution in [2.24, 2.45) is 0 Å². The Morgan fingerprint density at radius 3 is 2.32 bits per heavy atom. The number of rotatable bonds is 1. The van der Waals surface area contributed by atoms with E-state index in [0.717, 1.165) is 38.5 Å². The Kier molecular flexibility index (Phi) is 9.31. The molecule has 0 radical (unpaired) electrons. The summed E-state index contributed by atoms with van der Waals surface area (Å²) >= 11 is 0. The van der Waals surface area contributed by atoms with Gasteiger partial charge in [0.15, 0.2) is 0 Å². The molecule has 2 aliphatic rings. The number of esters is 1. The Morgan fingerprint density at radius 1 is 0.927 bits per heavy atom. The topological polar surface area (TPSA) is 143 Å². The summed E-state index contributed by atoms with van der Waals surface area (Å²) in [4.78, 5) is 51.3. The molecule has 1 atom stereocenters. The van der Waals surface area contributed by atoms with Gasteiger partial charge in [0.25, 0.3) is 12.1 Å². The summed E-state index contributed by atoms with van der Waals surface area (Å²) in [5.41, 5.74) is -1.03. The van der Waals surface area contributed by atoms with E-state index in [-0.39, 0.29) is 29.6 Å². The van der Waals surface area contributed by atoms with Gasteiger partial charge in [-0.1, -0.05) is 49.9 Å². The number of phenolic OH excluding ortho intramolecular Hbond substituents is 1. The van der Waals surface area contributed by atoms with Crippen LogP contribution in [0.1, 0.15) is 69.7 Å². The molecule has 0 fully saturated rings. The SMILES string of the molecule is CC(=O)NC1Oc2c3ccccc3c(O)c3cc(ccc23)C(=O)OCCCCCCCCNC(=O)C(C)(C)NC1=O. The second-order valence-corrected chi connectivity index (χ2v) is 10.8. The highest BCUT2D eigenvalue weighted by molar-refractivity contribution is 6.12. The molecule has 0 spiro atoms. The minimum absolute atomic E-state index is 0.0645. The highest BCUT2D eigenvalue weighted by atomic mass is 16.5. The lowest BCUT2D eigenvalue weighted by Gasteiger charge is -2.28. The molecule has 218 valence electrons. The van der Waals surface area contributed by atoms with Gasteiger partial charge in [-0.15, -0.1) is 0 Å². The molecule has 4 N–H and O–H groups in total. The molecular formula is C31H37N3O7. The number of benzene rings is 3. The first-order valence-corrected chi connectivity index (χ1v) is 14.0. The maximum atomic E-state index is 13.4. The second-order valence-electron chi connectivity index (χ2n) is 10.8. The molecule has 2 heterocycles. The Hall–Kier alpha value is -4.34. The summed E-state index contributed by atoms with van der Waals surface area (Å²) < 4.78 is 11.7. The zero-order chi connectivity index (χ0) is 29.6. The molecule has 3 aromatic carbocycles. The van der Waals surface area contributed by atoms with Gasteiger partial charge in [0.2, 0.25) is 11.8 Å². The first kappa shape index (κ1) is 29.6. The van der Waals surface area contributed by atoms with Crippen LogP contribution in [0.3, 0.4) is 0 Å². The largest absolute Gasteiger partial charge is 0.507 e. The van der Waals surface area contributed by atoms with Crippen LogP contribution in [0.15, 0.2) is 42.5 Å². The lowest BCUT2D eigenvalue weighted by molar-refractivity contribution is -0.139. The number of aromatic hydroxyl groups is 1. The van der Waals surface area contributed by atoms with E-state index in [1.807, 2.05) is 0 Å². The molecule has 5 rings (SSSR count). The van der Waals surface area contributed by atoms with Crippen LogP contribution in [-0.2, 0) is 19.1 Å². The van der Waals surface area contributed by atoms with E-state index in [1.165, 1.54) is 13.0 Å². The summed E-state index contributed by atoms with van der Waals surface area (Å²) in [5.74, 6) is -1.96. The molecule has 3 amide bonds. The minimum atomic E-state index is -1.50. The highest BCUT2D eigenvalue weighted by Gasteiger charge is 2.34. The fourth-order valence-corrected chi connectivity index (χ4v) is 4.86. The first-order valence-electron chi connectivity index (χ1n) is 14.0. The van der Waals surface area contributed by atoms with Crippen molar-refractivity contribution in [3.05, 3.63) is 48.0 Å². The average Bonchev–Trinajstić information content (AvgIpc) is 2.94. The maximum absolute atomic E-state index is 13.4. The van der Waals surface area contributed by atoms with Gasteiger partial charge in [-0.05, 0) is 44.9 Å². The monoisotopic (exact) mass is 563 g/mol. The van der Waals surface area contributed by atoms with Gasteiger partial charge in [0.1, 0.15) is 17.0 Å². The van der Waals surface area contributed by atoms with Crippen molar-refractivity contribution in [3.8, 4) is 11.5 Å². The van der Waals surface area contributed by atoms with E-state index in [4.69, 9.17) is 9.47 Å². The maximum Gasteiger partial charge on any atom is 0.338 e. The van der Waals surface area contributed by atoms with Crippen LogP contribution < -0.4 is 20.7 Å². The number of phenols is 1. The van der Waals surface area contributed by atoms with Crippen molar-refractivity contribution in [3.63, 3.8) is 0 Å². The van der Waals surface area contributed by atoms with E-state index < -0.39 is 29.6 Å². The lowest BCUT2D eigenvalue weighted by atomic mass is 9.98. The number of hydrogen-bond acceptors (Lipinski definition) is 7. The fraction of sp³-hybridized carbons (Fsp3) is 0.419. The van der Waals surface area contributed by atoms with Gasteiger partial charge >= 0.3 is 5.97 Å². The normalized spacial score (nSPS) is 19.4. The average molecular weight is 564 g/mol. The smallest absolute Gasteiger partial charge is 0.338 e. The van der Waals surface area contributed by atoms with Gasteiger partial charge in [0.05, 0.1) is 12.2 Å². The second kappa shape index (κ2) is 12.9. The Morgan fingerprint density at radius 2 is 1.59 bits per heavy atom. The zero-order valence-electron chi connectivity index (χ0n) is 23.7. The first-order chi connectivity index (χ1) is 19.6. The molecule has 41 heavy (non-hydrogen) atoms. The third-order valence-corrected chi connectivity index (χ3v) is 7.08. The fourth-order valence-electron chi connectivity index (χ4n) is 4.86. The number of carbonyl (C=O) groups is 4. The molecule has 0 saturated carbocycles. The Balaban J connectivity index is 1.79. The van der Waals surface area contributed by atoms with Crippen LogP contribution >= 0.6 is 0 Å². The predicted octanol–water partition coefficient (Wildman–Crippen LogP) is 4.06. The van der Waals surface area contributed by atoms with Crippen molar-refractivity contribution in [2.75, 3.05) is 13.2 Å². The molecule has 0 saturated heterocycles. The number of amides is 3. The number of hydrogen-bond donors (Lipinski definition) is 4. The van der Waals surface area contributed by atoms with Gasteiger partial charge < -0.3 is 30.5 Å². The molecule has 0 aromatic heterocycles. The standard InChI is InChI=1S/C31H37N3O7/c1-19(35)33-28-27(37)34-31(2,3)30(39)32-16-10-6-4-5-7-11-17-40-29(38)20-14-15-23-24(18-20)25(36)21-12-8-9-13-22(21)26(23)41-28/h8-9,12-15,18,28,36H,4-7,10-11,16-17H2,1-3H3,(H,32,39)(H,33,35)(H,34,37). The van der Waals surface area contributed by atoms with E-state index in [2.05, 4.69) is 16.0 Å². The quantitative estimate of drug-likeness (QED) is 0.199. The van der Waals surface area contributed by atoms with E-state index in [1.54, 1.807) is 50.2 Å². The number of carbonyl (C=O) groups excluding carboxylic acids is 4. The van der Waals surface area contributed by atoms with E-state index in [0.29, 0.717) is 28.1 Å². The molecule has 3 aromatic rings. The molecule has 10 nitrogen and oxygen atoms in total. The highest BCUT2D eigenvalue weighted by Crippen LogP contribution is 2.42. The van der Waals surface area contributed by atoms with Crippen molar-refractivity contribution in [1.29, 1.82) is 0 Å². The number of ether oxygens (including phenoxy) is 2. The summed E-state index contributed by atoms with van der Waals surface area (Å²) in [6, 6.07) is 11.6. The molecular weight excluding hydrogens is 526 g/mol. The molecule has 1 unspecified atom stereocenters. The summed E-state index contributed by atoms with van der Waals surface area (Å²) in [7, 11) is 0.